The Morgan fingerprint density at radius 3 is 2.05 bits per heavy atom. The van der Waals surface area contributed by atoms with Gasteiger partial charge < -0.3 is 5.11 Å². The molecule has 1 aliphatic rings. The predicted molar refractivity (Wildman–Crippen MR) is 84.5 cm³/mol. The third-order valence-electron chi connectivity index (χ3n) is 4.04. The van der Waals surface area contributed by atoms with Gasteiger partial charge in [-0.2, -0.15) is 0 Å². The first kappa shape index (κ1) is 16.3. The molecule has 110 valence electrons. The van der Waals surface area contributed by atoms with Crippen molar-refractivity contribution in [1.29, 1.82) is 0 Å². The molecule has 1 rings (SSSR count). The second-order valence-electron chi connectivity index (χ2n) is 5.84. The SMILES string of the molecule is CCCCCCCCCCCCC1=C(O)CCC=C1. The van der Waals surface area contributed by atoms with E-state index in [1.165, 1.54) is 69.8 Å². The highest BCUT2D eigenvalue weighted by Gasteiger charge is 2.05. The van der Waals surface area contributed by atoms with E-state index >= 15 is 0 Å². The summed E-state index contributed by atoms with van der Waals surface area (Å²) in [4.78, 5) is 0. The Bertz CT molecular complexity index is 275. The minimum atomic E-state index is 0.637. The summed E-state index contributed by atoms with van der Waals surface area (Å²) in [6.07, 6.45) is 21.0. The fourth-order valence-electron chi connectivity index (χ4n) is 2.73. The molecule has 0 radical (unpaired) electrons. The first-order chi connectivity index (χ1) is 9.34. The average Bonchev–Trinajstić information content (AvgIpc) is 2.43. The first-order valence-electron chi connectivity index (χ1n) is 8.42. The molecular formula is C18H32O. The fourth-order valence-corrected chi connectivity index (χ4v) is 2.73. The van der Waals surface area contributed by atoms with E-state index in [0.29, 0.717) is 5.76 Å². The third-order valence-corrected chi connectivity index (χ3v) is 4.04. The van der Waals surface area contributed by atoms with Gasteiger partial charge in [-0.05, 0) is 24.8 Å². The van der Waals surface area contributed by atoms with Gasteiger partial charge in [0.1, 0.15) is 0 Å². The quantitative estimate of drug-likeness (QED) is 0.425. The van der Waals surface area contributed by atoms with Crippen LogP contribution in [0.25, 0.3) is 0 Å². The summed E-state index contributed by atoms with van der Waals surface area (Å²) >= 11 is 0. The van der Waals surface area contributed by atoms with Gasteiger partial charge in [0.25, 0.3) is 0 Å². The van der Waals surface area contributed by atoms with Gasteiger partial charge in [0.05, 0.1) is 5.76 Å². The van der Waals surface area contributed by atoms with Crippen molar-refractivity contribution in [2.45, 2.75) is 90.4 Å². The van der Waals surface area contributed by atoms with Crippen molar-refractivity contribution in [3.8, 4) is 0 Å². The molecule has 0 aliphatic heterocycles. The average molecular weight is 264 g/mol. The summed E-state index contributed by atoms with van der Waals surface area (Å²) in [5, 5.41) is 9.74. The van der Waals surface area contributed by atoms with Gasteiger partial charge in [-0.15, -0.1) is 0 Å². The lowest BCUT2D eigenvalue weighted by Gasteiger charge is -2.10. The van der Waals surface area contributed by atoms with Gasteiger partial charge >= 0.3 is 0 Å². The zero-order valence-electron chi connectivity index (χ0n) is 12.8. The zero-order valence-corrected chi connectivity index (χ0v) is 12.8. The molecule has 19 heavy (non-hydrogen) atoms. The van der Waals surface area contributed by atoms with Crippen molar-refractivity contribution in [3.63, 3.8) is 0 Å². The molecule has 1 heteroatoms. The second-order valence-corrected chi connectivity index (χ2v) is 5.84. The van der Waals surface area contributed by atoms with Gasteiger partial charge in [0.15, 0.2) is 0 Å². The molecule has 0 amide bonds. The van der Waals surface area contributed by atoms with Crippen molar-refractivity contribution in [2.24, 2.45) is 0 Å². The highest BCUT2D eigenvalue weighted by atomic mass is 16.3. The minimum absolute atomic E-state index is 0.637. The molecule has 0 aromatic rings. The van der Waals surface area contributed by atoms with Crippen LogP contribution in [-0.4, -0.2) is 5.11 Å². The molecule has 0 spiro atoms. The molecule has 0 saturated carbocycles. The van der Waals surface area contributed by atoms with Gasteiger partial charge in [-0.1, -0.05) is 76.9 Å². The van der Waals surface area contributed by atoms with Crippen LogP contribution in [0, 0.1) is 0 Å². The Hall–Kier alpha value is -0.720. The van der Waals surface area contributed by atoms with Crippen LogP contribution < -0.4 is 0 Å². The van der Waals surface area contributed by atoms with Crippen LogP contribution in [-0.2, 0) is 0 Å². The Morgan fingerprint density at radius 2 is 1.47 bits per heavy atom. The molecule has 0 atom stereocenters. The Labute approximate surface area is 119 Å². The minimum Gasteiger partial charge on any atom is -0.512 e. The van der Waals surface area contributed by atoms with Gasteiger partial charge in [-0.3, -0.25) is 0 Å². The van der Waals surface area contributed by atoms with E-state index in [2.05, 4.69) is 19.1 Å². The standard InChI is InChI=1S/C18H32O/c1-2-3-4-5-6-7-8-9-10-11-14-17-15-12-13-16-18(17)19/h12,15,19H,2-11,13-14,16H2,1H3. The molecule has 1 aliphatic carbocycles. The predicted octanol–water partition coefficient (Wildman–Crippen LogP) is 6.46. The summed E-state index contributed by atoms with van der Waals surface area (Å²) < 4.78 is 0. The summed E-state index contributed by atoms with van der Waals surface area (Å²) in [6, 6.07) is 0. The summed E-state index contributed by atoms with van der Waals surface area (Å²) in [6.45, 7) is 2.27. The highest BCUT2D eigenvalue weighted by molar-refractivity contribution is 5.25. The lowest BCUT2D eigenvalue weighted by atomic mass is 9.99. The first-order valence-corrected chi connectivity index (χ1v) is 8.42. The summed E-state index contributed by atoms with van der Waals surface area (Å²) in [7, 11) is 0. The molecule has 0 saturated heterocycles. The van der Waals surface area contributed by atoms with E-state index in [-0.39, 0.29) is 0 Å². The van der Waals surface area contributed by atoms with Gasteiger partial charge in [0, 0.05) is 6.42 Å². The fraction of sp³-hybridized carbons (Fsp3) is 0.778. The number of hydrogen-bond acceptors (Lipinski definition) is 1. The lowest BCUT2D eigenvalue weighted by molar-refractivity contribution is 0.378. The number of allylic oxidation sites excluding steroid dienone is 4. The summed E-state index contributed by atoms with van der Waals surface area (Å²) in [5.41, 5.74) is 1.19. The maximum atomic E-state index is 9.74. The number of hydrogen-bond donors (Lipinski definition) is 1. The Kier molecular flexibility index (Phi) is 9.57. The van der Waals surface area contributed by atoms with E-state index in [4.69, 9.17) is 0 Å². The van der Waals surface area contributed by atoms with Gasteiger partial charge in [-0.25, -0.2) is 0 Å². The van der Waals surface area contributed by atoms with E-state index in [9.17, 15) is 5.11 Å². The van der Waals surface area contributed by atoms with E-state index in [1.807, 2.05) is 0 Å². The van der Waals surface area contributed by atoms with Crippen LogP contribution in [0.2, 0.25) is 0 Å². The molecule has 1 N–H and O–H groups in total. The molecule has 0 heterocycles. The van der Waals surface area contributed by atoms with Crippen molar-refractivity contribution >= 4 is 0 Å². The number of aliphatic hydroxyl groups is 1. The highest BCUT2D eigenvalue weighted by Crippen LogP contribution is 2.22. The zero-order chi connectivity index (χ0) is 13.8. The normalized spacial score (nSPS) is 15.2. The van der Waals surface area contributed by atoms with Crippen LogP contribution in [0.5, 0.6) is 0 Å². The maximum absolute atomic E-state index is 9.74. The molecule has 0 unspecified atom stereocenters. The van der Waals surface area contributed by atoms with Crippen molar-refractivity contribution < 1.29 is 5.11 Å². The van der Waals surface area contributed by atoms with Crippen molar-refractivity contribution in [2.75, 3.05) is 0 Å². The second kappa shape index (κ2) is 11.1. The summed E-state index contributed by atoms with van der Waals surface area (Å²) in [5.74, 6) is 0.637. The number of aliphatic hydroxyl groups excluding tert-OH is 1. The largest absolute Gasteiger partial charge is 0.512 e. The smallest absolute Gasteiger partial charge is 0.0957 e. The number of rotatable bonds is 11. The molecule has 0 fully saturated rings. The molecule has 0 bridgehead atoms. The van der Waals surface area contributed by atoms with Crippen molar-refractivity contribution in [1.82, 2.24) is 0 Å². The van der Waals surface area contributed by atoms with Crippen molar-refractivity contribution in [3.05, 3.63) is 23.5 Å². The Balaban J connectivity index is 1.87. The molecule has 0 aromatic carbocycles. The Morgan fingerprint density at radius 1 is 0.895 bits per heavy atom. The van der Waals surface area contributed by atoms with E-state index < -0.39 is 0 Å². The van der Waals surface area contributed by atoms with Crippen LogP contribution in [0.1, 0.15) is 90.4 Å². The topological polar surface area (TPSA) is 20.2 Å². The molecule has 0 aromatic heterocycles. The van der Waals surface area contributed by atoms with Crippen LogP contribution in [0.4, 0.5) is 0 Å². The number of unbranched alkanes of at least 4 members (excludes halogenated alkanes) is 9. The van der Waals surface area contributed by atoms with E-state index in [0.717, 1.165) is 19.3 Å². The monoisotopic (exact) mass is 264 g/mol. The lowest BCUT2D eigenvalue weighted by Crippen LogP contribution is -1.94. The third kappa shape index (κ3) is 8.13. The van der Waals surface area contributed by atoms with E-state index in [1.54, 1.807) is 0 Å². The molecular weight excluding hydrogens is 232 g/mol. The maximum Gasteiger partial charge on any atom is 0.0957 e. The van der Waals surface area contributed by atoms with Crippen LogP contribution in [0.15, 0.2) is 23.5 Å². The van der Waals surface area contributed by atoms with Crippen LogP contribution >= 0.6 is 0 Å². The molecule has 1 nitrogen and oxygen atoms in total. The van der Waals surface area contributed by atoms with Crippen LogP contribution in [0.3, 0.4) is 0 Å². The van der Waals surface area contributed by atoms with Gasteiger partial charge in [0.2, 0.25) is 0 Å².